The number of hydrogen-bond acceptors (Lipinski definition) is 6. The largest absolute Gasteiger partial charge is 0.504 e. The Balaban J connectivity index is 1.49. The molecule has 26 heavy (non-hydrogen) atoms. The number of aliphatic hydroxyl groups excluding tert-OH is 1. The number of rotatable bonds is 5. The molecule has 6 nitrogen and oxygen atoms in total. The van der Waals surface area contributed by atoms with Gasteiger partial charge in [0.1, 0.15) is 0 Å². The van der Waals surface area contributed by atoms with Crippen LogP contribution in [0.3, 0.4) is 0 Å². The van der Waals surface area contributed by atoms with E-state index in [1.807, 2.05) is 30.3 Å². The molecule has 0 saturated carbocycles. The van der Waals surface area contributed by atoms with Crippen molar-refractivity contribution in [2.24, 2.45) is 11.8 Å². The zero-order valence-corrected chi connectivity index (χ0v) is 14.6. The molecule has 2 aliphatic rings. The van der Waals surface area contributed by atoms with Crippen LogP contribution in [0.15, 0.2) is 36.4 Å². The highest BCUT2D eigenvalue weighted by atomic mass is 16.7. The van der Waals surface area contributed by atoms with Crippen molar-refractivity contribution in [1.29, 1.82) is 0 Å². The zero-order chi connectivity index (χ0) is 18.1. The van der Waals surface area contributed by atoms with Crippen LogP contribution < -0.4 is 14.2 Å². The second-order valence-electron chi connectivity index (χ2n) is 6.75. The predicted molar refractivity (Wildman–Crippen MR) is 93.6 cm³/mol. The van der Waals surface area contributed by atoms with Crippen LogP contribution in [0, 0.1) is 11.8 Å². The van der Waals surface area contributed by atoms with E-state index in [-0.39, 0.29) is 24.4 Å². The van der Waals surface area contributed by atoms with E-state index >= 15 is 0 Å². The minimum Gasteiger partial charge on any atom is -0.504 e. The van der Waals surface area contributed by atoms with Crippen LogP contribution in [0.4, 0.5) is 0 Å². The first-order chi connectivity index (χ1) is 12.6. The molecule has 0 aliphatic carbocycles. The minimum absolute atomic E-state index is 0.0184. The third kappa shape index (κ3) is 3.30. The lowest BCUT2D eigenvalue weighted by Gasteiger charge is -2.20. The highest BCUT2D eigenvalue weighted by Gasteiger charge is 2.36. The van der Waals surface area contributed by atoms with Gasteiger partial charge in [0.05, 0.1) is 13.7 Å². The zero-order valence-electron chi connectivity index (χ0n) is 14.6. The second kappa shape index (κ2) is 7.05. The number of aromatic hydroxyl groups is 1. The monoisotopic (exact) mass is 358 g/mol. The molecule has 0 radical (unpaired) electrons. The maximum Gasteiger partial charge on any atom is 0.231 e. The van der Waals surface area contributed by atoms with Crippen LogP contribution in [0.1, 0.15) is 11.1 Å². The van der Waals surface area contributed by atoms with Crippen molar-refractivity contribution in [2.45, 2.75) is 19.1 Å². The number of benzene rings is 2. The van der Waals surface area contributed by atoms with Gasteiger partial charge in [0, 0.05) is 5.92 Å². The molecule has 3 atom stereocenters. The van der Waals surface area contributed by atoms with Gasteiger partial charge in [-0.25, -0.2) is 0 Å². The maximum absolute atomic E-state index is 10.3. The summed E-state index contributed by atoms with van der Waals surface area (Å²) in [5.41, 5.74) is 2.12. The third-order valence-electron chi connectivity index (χ3n) is 5.10. The molecule has 0 amide bonds. The molecule has 2 heterocycles. The Hall–Kier alpha value is -2.44. The van der Waals surface area contributed by atoms with Gasteiger partial charge in [0.2, 0.25) is 6.79 Å². The van der Waals surface area contributed by atoms with Crippen LogP contribution in [0.25, 0.3) is 0 Å². The van der Waals surface area contributed by atoms with Gasteiger partial charge in [0.15, 0.2) is 29.3 Å². The normalized spacial score (nSPS) is 24.0. The predicted octanol–water partition coefficient (Wildman–Crippen LogP) is 2.50. The molecule has 2 aromatic rings. The number of phenolic OH excluding ortho intramolecular Hbond substituents is 1. The van der Waals surface area contributed by atoms with Crippen LogP contribution in [0.5, 0.6) is 23.0 Å². The van der Waals surface area contributed by atoms with Crippen LogP contribution >= 0.6 is 0 Å². The first kappa shape index (κ1) is 17.0. The van der Waals surface area contributed by atoms with Gasteiger partial charge in [-0.3, -0.25) is 0 Å². The van der Waals surface area contributed by atoms with E-state index in [9.17, 15) is 10.2 Å². The van der Waals surface area contributed by atoms with Crippen LogP contribution in [0.2, 0.25) is 0 Å². The van der Waals surface area contributed by atoms with E-state index in [2.05, 4.69) is 0 Å². The van der Waals surface area contributed by atoms with Crippen molar-refractivity contribution < 1.29 is 29.2 Å². The van der Waals surface area contributed by atoms with Gasteiger partial charge in [-0.2, -0.15) is 0 Å². The van der Waals surface area contributed by atoms with E-state index in [0.29, 0.717) is 18.8 Å². The van der Waals surface area contributed by atoms with Gasteiger partial charge in [-0.15, -0.1) is 0 Å². The molecule has 6 heteroatoms. The molecular formula is C20H22O6. The van der Waals surface area contributed by atoms with Crippen molar-refractivity contribution in [3.8, 4) is 23.0 Å². The van der Waals surface area contributed by atoms with E-state index in [0.717, 1.165) is 29.0 Å². The Bertz CT molecular complexity index is 790. The van der Waals surface area contributed by atoms with Gasteiger partial charge in [-0.05, 0) is 54.2 Å². The topological polar surface area (TPSA) is 77.4 Å². The van der Waals surface area contributed by atoms with Crippen molar-refractivity contribution in [1.82, 2.24) is 0 Å². The molecule has 0 aromatic heterocycles. The average Bonchev–Trinajstić information content (AvgIpc) is 3.24. The number of methoxy groups -OCH3 is 1. The highest BCUT2D eigenvalue weighted by molar-refractivity contribution is 5.45. The molecule has 0 spiro atoms. The Morgan fingerprint density at radius 1 is 1.04 bits per heavy atom. The molecule has 2 aromatic carbocycles. The van der Waals surface area contributed by atoms with Crippen molar-refractivity contribution >= 4 is 0 Å². The molecule has 2 aliphatic heterocycles. The molecule has 1 saturated heterocycles. The lowest BCUT2D eigenvalue weighted by Crippen LogP contribution is -2.24. The first-order valence-corrected chi connectivity index (χ1v) is 8.68. The molecule has 3 unspecified atom stereocenters. The fourth-order valence-corrected chi connectivity index (χ4v) is 3.67. The van der Waals surface area contributed by atoms with Crippen LogP contribution in [-0.4, -0.2) is 37.0 Å². The van der Waals surface area contributed by atoms with E-state index in [1.165, 1.54) is 7.11 Å². The molecule has 2 N–H and O–H groups in total. The molecule has 0 bridgehead atoms. The maximum atomic E-state index is 10.3. The standard InChI is InChI=1S/C20H22O6/c1-23-18-8-12(2-4-16(18)21)6-14-10-24-20(22)15(14)7-13-3-5-17-19(9-13)26-11-25-17/h2-5,8-9,14-15,20-22H,6-7,10-11H2,1H3. The summed E-state index contributed by atoms with van der Waals surface area (Å²) in [6.45, 7) is 0.749. The van der Waals surface area contributed by atoms with Crippen molar-refractivity contribution in [3.05, 3.63) is 47.5 Å². The van der Waals surface area contributed by atoms with E-state index < -0.39 is 6.29 Å². The summed E-state index contributed by atoms with van der Waals surface area (Å²) in [5, 5.41) is 20.0. The quantitative estimate of drug-likeness (QED) is 0.855. The molecular weight excluding hydrogens is 336 g/mol. The van der Waals surface area contributed by atoms with Crippen molar-refractivity contribution in [2.75, 3.05) is 20.5 Å². The first-order valence-electron chi connectivity index (χ1n) is 8.68. The number of ether oxygens (including phenoxy) is 4. The third-order valence-corrected chi connectivity index (χ3v) is 5.10. The Morgan fingerprint density at radius 2 is 1.81 bits per heavy atom. The molecule has 1 fully saturated rings. The van der Waals surface area contributed by atoms with Gasteiger partial charge in [-0.1, -0.05) is 12.1 Å². The summed E-state index contributed by atoms with van der Waals surface area (Å²) in [5.74, 6) is 2.23. The highest BCUT2D eigenvalue weighted by Crippen LogP contribution is 2.37. The van der Waals surface area contributed by atoms with Gasteiger partial charge < -0.3 is 29.2 Å². The summed E-state index contributed by atoms with van der Waals surface area (Å²) in [7, 11) is 1.53. The van der Waals surface area contributed by atoms with E-state index in [1.54, 1.807) is 6.07 Å². The summed E-state index contributed by atoms with van der Waals surface area (Å²) >= 11 is 0. The summed E-state index contributed by atoms with van der Waals surface area (Å²) in [6, 6.07) is 11.2. The Kier molecular flexibility index (Phi) is 4.61. The summed E-state index contributed by atoms with van der Waals surface area (Å²) in [6.07, 6.45) is 0.644. The minimum atomic E-state index is -0.788. The lowest BCUT2D eigenvalue weighted by atomic mass is 9.84. The lowest BCUT2D eigenvalue weighted by molar-refractivity contribution is -0.0820. The number of fused-ring (bicyclic) bond motifs is 1. The number of phenols is 1. The second-order valence-corrected chi connectivity index (χ2v) is 6.75. The molecule has 4 rings (SSSR count). The van der Waals surface area contributed by atoms with E-state index in [4.69, 9.17) is 18.9 Å². The average molecular weight is 358 g/mol. The Morgan fingerprint density at radius 3 is 2.65 bits per heavy atom. The van der Waals surface area contributed by atoms with Gasteiger partial charge in [0.25, 0.3) is 0 Å². The van der Waals surface area contributed by atoms with Crippen molar-refractivity contribution in [3.63, 3.8) is 0 Å². The summed E-state index contributed by atoms with van der Waals surface area (Å²) in [4.78, 5) is 0. The van der Waals surface area contributed by atoms with Crippen LogP contribution in [-0.2, 0) is 17.6 Å². The SMILES string of the molecule is COc1cc(CC2COC(O)C2Cc2ccc3c(c2)OCO3)ccc1O. The fourth-order valence-electron chi connectivity index (χ4n) is 3.67. The molecule has 138 valence electrons. The fraction of sp³-hybridized carbons (Fsp3) is 0.400. The smallest absolute Gasteiger partial charge is 0.231 e. The number of hydrogen-bond donors (Lipinski definition) is 2. The number of aliphatic hydroxyl groups is 1. The summed E-state index contributed by atoms with van der Waals surface area (Å²) < 4.78 is 21.5. The Labute approximate surface area is 151 Å². The van der Waals surface area contributed by atoms with Gasteiger partial charge >= 0.3 is 0 Å².